The van der Waals surface area contributed by atoms with Crippen molar-refractivity contribution in [1.82, 2.24) is 0 Å². The van der Waals surface area contributed by atoms with Gasteiger partial charge in [0.25, 0.3) is 5.17 Å². The maximum atomic E-state index is 5.23. The molecule has 0 unspecified atom stereocenters. The molecule has 0 aliphatic carbocycles. The van der Waals surface area contributed by atoms with Crippen LogP contribution in [0.1, 0.15) is 30.4 Å². The smallest absolute Gasteiger partial charge is 0.253 e. The molecule has 0 spiro atoms. The molecular weight excluding hydrogens is 230 g/mol. The van der Waals surface area contributed by atoms with Crippen molar-refractivity contribution in [3.05, 3.63) is 42.0 Å². The Morgan fingerprint density at radius 3 is 2.53 bits per heavy atom. The predicted octanol–water partition coefficient (Wildman–Crippen LogP) is 3.30. The highest BCUT2D eigenvalue weighted by Gasteiger charge is 1.95. The Kier molecular flexibility index (Phi) is 6.33. The van der Waals surface area contributed by atoms with E-state index in [2.05, 4.69) is 43.1 Å². The van der Waals surface area contributed by atoms with E-state index in [-0.39, 0.29) is 5.17 Å². The molecular formula is C14H19NOS. The van der Waals surface area contributed by atoms with Crippen molar-refractivity contribution in [2.75, 3.05) is 6.61 Å². The molecule has 0 aliphatic heterocycles. The largest absolute Gasteiger partial charge is 0.471 e. The zero-order chi connectivity index (χ0) is 12.5. The first-order chi connectivity index (χ1) is 8.22. The van der Waals surface area contributed by atoms with E-state index < -0.39 is 0 Å². The third-order valence-corrected chi connectivity index (χ3v) is 2.69. The number of ether oxygens (including phenoxy) is 1. The monoisotopic (exact) mass is 249 g/mol. The minimum atomic E-state index is 0.144. The molecule has 92 valence electrons. The van der Waals surface area contributed by atoms with Crippen LogP contribution in [0.3, 0.4) is 0 Å². The first-order valence-electron chi connectivity index (χ1n) is 5.86. The highest BCUT2D eigenvalue weighted by molar-refractivity contribution is 7.80. The lowest BCUT2D eigenvalue weighted by Gasteiger charge is -2.04. The molecule has 1 aromatic rings. The standard InChI is InChI=1S/C14H19NOS/c1-2-12-7-9-13(10-8-12)6-4-3-5-11-16-14(15)17/h2,7-10H,1,3-6,11H2,(H2,15,17). The second-order valence-electron chi connectivity index (χ2n) is 3.92. The minimum Gasteiger partial charge on any atom is -0.471 e. The molecule has 0 fully saturated rings. The van der Waals surface area contributed by atoms with E-state index in [4.69, 9.17) is 10.5 Å². The van der Waals surface area contributed by atoms with Crippen molar-refractivity contribution in [3.8, 4) is 0 Å². The van der Waals surface area contributed by atoms with Gasteiger partial charge in [0.1, 0.15) is 0 Å². The molecule has 0 aromatic heterocycles. The van der Waals surface area contributed by atoms with Crippen molar-refractivity contribution in [2.24, 2.45) is 5.73 Å². The van der Waals surface area contributed by atoms with Crippen LogP contribution in [0.15, 0.2) is 30.8 Å². The van der Waals surface area contributed by atoms with Gasteiger partial charge in [-0.3, -0.25) is 0 Å². The Morgan fingerprint density at radius 1 is 1.24 bits per heavy atom. The number of nitrogens with two attached hydrogens (primary N) is 1. The molecule has 0 saturated carbocycles. The van der Waals surface area contributed by atoms with Crippen molar-refractivity contribution in [3.63, 3.8) is 0 Å². The fourth-order valence-electron chi connectivity index (χ4n) is 1.60. The third-order valence-electron chi connectivity index (χ3n) is 2.57. The molecule has 0 aliphatic rings. The summed E-state index contributed by atoms with van der Waals surface area (Å²) in [6.07, 6.45) is 6.25. The van der Waals surface area contributed by atoms with Crippen molar-refractivity contribution >= 4 is 23.5 Å². The molecule has 1 rings (SSSR count). The molecule has 2 nitrogen and oxygen atoms in total. The summed E-state index contributed by atoms with van der Waals surface area (Å²) in [7, 11) is 0. The Hall–Kier alpha value is -1.35. The molecule has 0 amide bonds. The van der Waals surface area contributed by atoms with Gasteiger partial charge in [-0.1, -0.05) is 36.9 Å². The summed E-state index contributed by atoms with van der Waals surface area (Å²) in [5, 5.41) is 0.144. The number of rotatable bonds is 7. The van der Waals surface area contributed by atoms with Gasteiger partial charge in [-0.05, 0) is 49.0 Å². The Balaban J connectivity index is 2.13. The first kappa shape index (κ1) is 13.7. The van der Waals surface area contributed by atoms with Gasteiger partial charge in [0.05, 0.1) is 6.61 Å². The maximum Gasteiger partial charge on any atom is 0.253 e. The van der Waals surface area contributed by atoms with E-state index in [1.54, 1.807) is 0 Å². The van der Waals surface area contributed by atoms with Gasteiger partial charge in [-0.25, -0.2) is 0 Å². The van der Waals surface area contributed by atoms with Crippen LogP contribution in [0.4, 0.5) is 0 Å². The fourth-order valence-corrected chi connectivity index (χ4v) is 1.68. The maximum absolute atomic E-state index is 5.23. The molecule has 0 radical (unpaired) electrons. The zero-order valence-corrected chi connectivity index (χ0v) is 10.8. The van der Waals surface area contributed by atoms with Crippen LogP contribution < -0.4 is 5.73 Å². The van der Waals surface area contributed by atoms with Gasteiger partial charge in [-0.2, -0.15) is 0 Å². The highest BCUT2D eigenvalue weighted by Crippen LogP contribution is 2.09. The average Bonchev–Trinajstić information content (AvgIpc) is 2.34. The summed E-state index contributed by atoms with van der Waals surface area (Å²) in [5.74, 6) is 0. The van der Waals surface area contributed by atoms with Gasteiger partial charge < -0.3 is 10.5 Å². The van der Waals surface area contributed by atoms with Crippen molar-refractivity contribution in [2.45, 2.75) is 25.7 Å². The molecule has 2 N–H and O–H groups in total. The predicted molar refractivity (Wildman–Crippen MR) is 76.8 cm³/mol. The Morgan fingerprint density at radius 2 is 1.94 bits per heavy atom. The van der Waals surface area contributed by atoms with E-state index >= 15 is 0 Å². The SMILES string of the molecule is C=Cc1ccc(CCCCCOC(N)=S)cc1. The van der Waals surface area contributed by atoms with Gasteiger partial charge in [0.2, 0.25) is 0 Å². The van der Waals surface area contributed by atoms with E-state index in [1.807, 2.05) is 6.08 Å². The number of hydrogen-bond donors (Lipinski definition) is 1. The lowest BCUT2D eigenvalue weighted by molar-refractivity contribution is 0.296. The van der Waals surface area contributed by atoms with E-state index in [0.29, 0.717) is 6.61 Å². The minimum absolute atomic E-state index is 0.144. The number of hydrogen-bond acceptors (Lipinski definition) is 2. The number of unbranched alkanes of at least 4 members (excludes halogenated alkanes) is 2. The summed E-state index contributed by atoms with van der Waals surface area (Å²) < 4.78 is 5.02. The lowest BCUT2D eigenvalue weighted by atomic mass is 10.1. The lowest BCUT2D eigenvalue weighted by Crippen LogP contribution is -2.13. The van der Waals surface area contributed by atoms with Gasteiger partial charge in [0.15, 0.2) is 0 Å². The second-order valence-corrected chi connectivity index (χ2v) is 4.33. The zero-order valence-electron chi connectivity index (χ0n) is 10.0. The molecule has 3 heteroatoms. The second kappa shape index (κ2) is 7.85. The summed E-state index contributed by atoms with van der Waals surface area (Å²) in [4.78, 5) is 0. The van der Waals surface area contributed by atoms with Crippen LogP contribution in [0.5, 0.6) is 0 Å². The summed E-state index contributed by atoms with van der Waals surface area (Å²) in [6.45, 7) is 4.37. The van der Waals surface area contributed by atoms with Gasteiger partial charge in [0, 0.05) is 0 Å². The van der Waals surface area contributed by atoms with Crippen LogP contribution in [0.2, 0.25) is 0 Å². The van der Waals surface area contributed by atoms with Crippen molar-refractivity contribution in [1.29, 1.82) is 0 Å². The van der Waals surface area contributed by atoms with Crippen molar-refractivity contribution < 1.29 is 4.74 Å². The van der Waals surface area contributed by atoms with Crippen LogP contribution in [0.25, 0.3) is 6.08 Å². The Bertz CT molecular complexity index is 359. The topological polar surface area (TPSA) is 35.2 Å². The molecule has 17 heavy (non-hydrogen) atoms. The Labute approximate surface area is 108 Å². The molecule has 0 bridgehead atoms. The summed E-state index contributed by atoms with van der Waals surface area (Å²) >= 11 is 4.62. The number of benzene rings is 1. The first-order valence-corrected chi connectivity index (χ1v) is 6.27. The van der Waals surface area contributed by atoms with Crippen LogP contribution in [-0.4, -0.2) is 11.8 Å². The van der Waals surface area contributed by atoms with Crippen LogP contribution >= 0.6 is 12.2 Å². The normalized spacial score (nSPS) is 9.88. The molecule has 0 heterocycles. The third kappa shape index (κ3) is 6.07. The van der Waals surface area contributed by atoms with Gasteiger partial charge >= 0.3 is 0 Å². The number of thiocarbonyl (C=S) groups is 1. The molecule has 0 saturated heterocycles. The summed E-state index contributed by atoms with van der Waals surface area (Å²) in [6, 6.07) is 8.50. The summed E-state index contributed by atoms with van der Waals surface area (Å²) in [5.41, 5.74) is 7.76. The van der Waals surface area contributed by atoms with E-state index in [9.17, 15) is 0 Å². The fraction of sp³-hybridized carbons (Fsp3) is 0.357. The molecule has 1 aromatic carbocycles. The highest BCUT2D eigenvalue weighted by atomic mass is 32.1. The molecule has 0 atom stereocenters. The quantitative estimate of drug-likeness (QED) is 0.595. The average molecular weight is 249 g/mol. The number of aryl methyl sites for hydroxylation is 1. The van der Waals surface area contributed by atoms with Gasteiger partial charge in [-0.15, -0.1) is 0 Å². The van der Waals surface area contributed by atoms with Crippen LogP contribution in [-0.2, 0) is 11.2 Å². The van der Waals surface area contributed by atoms with Crippen LogP contribution in [0, 0.1) is 0 Å². The van der Waals surface area contributed by atoms with E-state index in [1.165, 1.54) is 11.1 Å². The van der Waals surface area contributed by atoms with E-state index in [0.717, 1.165) is 25.7 Å².